The Morgan fingerprint density at radius 3 is 1.03 bits per heavy atom. The Labute approximate surface area is 326 Å². The van der Waals surface area contributed by atoms with Gasteiger partial charge in [0.15, 0.2) is 14.7 Å². The van der Waals surface area contributed by atoms with Crippen LogP contribution in [0.4, 0.5) is 65.9 Å². The summed E-state index contributed by atoms with van der Waals surface area (Å²) < 4.78 is 228. The van der Waals surface area contributed by atoms with Crippen molar-refractivity contribution in [2.75, 3.05) is 0 Å². The van der Waals surface area contributed by atoms with Gasteiger partial charge in [-0.15, -0.1) is 0 Å². The van der Waals surface area contributed by atoms with E-state index in [9.17, 15) is 78.8 Å². The lowest BCUT2D eigenvalue weighted by atomic mass is 9.89. The van der Waals surface area contributed by atoms with E-state index in [1.165, 1.54) is 41.0 Å². The van der Waals surface area contributed by atoms with E-state index in [1.807, 2.05) is 0 Å². The van der Waals surface area contributed by atoms with E-state index < -0.39 is 73.7 Å². The molecule has 0 aliphatic heterocycles. The molecule has 0 heterocycles. The molecule has 0 N–H and O–H groups in total. The van der Waals surface area contributed by atoms with Crippen LogP contribution in [0.25, 0.3) is 0 Å². The Hall–Kier alpha value is -3.91. The van der Waals surface area contributed by atoms with Crippen LogP contribution in [0.15, 0.2) is 92.4 Å². The second-order valence-electron chi connectivity index (χ2n) is 12.6. The fourth-order valence-corrected chi connectivity index (χ4v) is 9.67. The first-order valence-electron chi connectivity index (χ1n) is 17.1. The smallest absolute Gasteiger partial charge is 0.418 e. The number of hydrogen-bond donors (Lipinski definition) is 0. The number of benzene rings is 4. The molecule has 0 bridgehead atoms. The SMILES string of the molecule is CCCc1cc(CCC)c([S+](c2ccccc2)c2ccccc2)c(CCC)c1.O=S(=O)([O-])c1c(C(F)(F)F)c(C(F)(F)F)c(C(F)(F)F)c(C(F)(F)F)c1C(F)(F)F. The molecule has 0 unspecified atom stereocenters. The van der Waals surface area contributed by atoms with Crippen molar-refractivity contribution in [3.8, 4) is 0 Å². The Balaban J connectivity index is 0.000000311. The van der Waals surface area contributed by atoms with Crippen LogP contribution >= 0.6 is 0 Å². The van der Waals surface area contributed by atoms with Crippen molar-refractivity contribution in [3.05, 3.63) is 117 Å². The van der Waals surface area contributed by atoms with Gasteiger partial charge in [0.1, 0.15) is 10.1 Å². The Kier molecular flexibility index (Phi) is 15.2. The normalized spacial score (nSPS) is 13.1. The summed E-state index contributed by atoms with van der Waals surface area (Å²) in [4.78, 5) is 0.245. The predicted octanol–water partition coefficient (Wildman–Crippen LogP) is 13.3. The maximum absolute atomic E-state index is 13.0. The molecule has 0 spiro atoms. The monoisotopic (exact) mass is 886 g/mol. The van der Waals surface area contributed by atoms with Crippen LogP contribution in [0.2, 0.25) is 0 Å². The van der Waals surface area contributed by atoms with Gasteiger partial charge in [0.05, 0.1) is 43.6 Å². The van der Waals surface area contributed by atoms with Crippen molar-refractivity contribution in [2.24, 2.45) is 0 Å². The van der Waals surface area contributed by atoms with Crippen LogP contribution in [-0.4, -0.2) is 13.0 Å². The molecule has 4 aromatic carbocycles. The fraction of sp³-hybridized carbons (Fsp3) is 0.368. The molecule has 0 saturated heterocycles. The van der Waals surface area contributed by atoms with Crippen molar-refractivity contribution in [2.45, 2.75) is 110 Å². The molecule has 0 fully saturated rings. The third-order valence-corrected chi connectivity index (χ3v) is 11.5. The van der Waals surface area contributed by atoms with Crippen LogP contribution in [-0.2, 0) is 71.2 Å². The van der Waals surface area contributed by atoms with Crippen molar-refractivity contribution >= 4 is 21.0 Å². The number of aryl methyl sites for hydroxylation is 3. The lowest BCUT2D eigenvalue weighted by Crippen LogP contribution is -2.34. The Morgan fingerprint density at radius 1 is 0.483 bits per heavy atom. The summed E-state index contributed by atoms with van der Waals surface area (Å²) in [5, 5.41) is 0. The molecular weight excluding hydrogens is 854 g/mol. The van der Waals surface area contributed by atoms with Gasteiger partial charge in [-0.25, -0.2) is 8.42 Å². The van der Waals surface area contributed by atoms with Crippen LogP contribution in [0.1, 0.15) is 84.5 Å². The first-order chi connectivity index (χ1) is 26.5. The van der Waals surface area contributed by atoms with E-state index in [1.54, 1.807) is 16.0 Å². The molecule has 320 valence electrons. The third kappa shape index (κ3) is 11.4. The molecule has 4 rings (SSSR count). The second kappa shape index (κ2) is 18.1. The number of rotatable bonds is 10. The molecule has 3 nitrogen and oxygen atoms in total. The highest BCUT2D eigenvalue weighted by Gasteiger charge is 2.61. The molecule has 0 radical (unpaired) electrons. The fourth-order valence-electron chi connectivity index (χ4n) is 6.29. The average molecular weight is 887 g/mol. The van der Waals surface area contributed by atoms with E-state index in [0.717, 1.165) is 12.8 Å². The van der Waals surface area contributed by atoms with Gasteiger partial charge in [0.25, 0.3) is 0 Å². The highest BCUT2D eigenvalue weighted by atomic mass is 32.2. The average Bonchev–Trinajstić information content (AvgIpc) is 3.07. The summed E-state index contributed by atoms with van der Waals surface area (Å²) in [5.74, 6) is 0. The van der Waals surface area contributed by atoms with Crippen LogP contribution in [0.3, 0.4) is 0 Å². The standard InChI is InChI=1S/C27H33S.C11HF15O3S/c1-4-13-22-20-23(14-5-2)27(24(21-22)15-6-3)28(25-16-9-7-10-17-25)26-18-11-8-12-19-26;12-7(13,14)1-2(8(15,16)17)4(10(21,22)23)6(30(27,28)29)5(11(24,25)26)3(1)9(18,19)20/h7-12,16-21H,4-6,13-15H2,1-3H3;(H,27,28,29)/q+1;/p-1. The number of alkyl halides is 15. The zero-order valence-electron chi connectivity index (χ0n) is 30.4. The van der Waals surface area contributed by atoms with Gasteiger partial charge in [-0.1, -0.05) is 88.6 Å². The van der Waals surface area contributed by atoms with Crippen molar-refractivity contribution in [1.82, 2.24) is 0 Å². The summed E-state index contributed by atoms with van der Waals surface area (Å²) in [5.41, 5.74) is -17.5. The lowest BCUT2D eigenvalue weighted by molar-refractivity contribution is -0.191. The quantitative estimate of drug-likeness (QED) is 0.0906. The first-order valence-corrected chi connectivity index (χ1v) is 19.7. The van der Waals surface area contributed by atoms with E-state index in [2.05, 4.69) is 93.6 Å². The topological polar surface area (TPSA) is 57.2 Å². The maximum atomic E-state index is 13.0. The molecular formula is C38H33F15O3S2. The number of hydrogen-bond acceptors (Lipinski definition) is 3. The zero-order chi connectivity index (χ0) is 44.2. The van der Waals surface area contributed by atoms with E-state index in [0.29, 0.717) is 0 Å². The third-order valence-electron chi connectivity index (χ3n) is 8.16. The van der Waals surface area contributed by atoms with Gasteiger partial charge in [0, 0.05) is 11.1 Å². The summed E-state index contributed by atoms with van der Waals surface area (Å²) in [6, 6.07) is 27.2. The van der Waals surface area contributed by atoms with Gasteiger partial charge in [-0.2, -0.15) is 65.9 Å². The zero-order valence-corrected chi connectivity index (χ0v) is 32.0. The summed E-state index contributed by atoms with van der Waals surface area (Å²) in [7, 11) is -7.57. The van der Waals surface area contributed by atoms with Crippen LogP contribution < -0.4 is 0 Å². The Bertz CT molecular complexity index is 2000. The molecule has 0 aromatic heterocycles. The van der Waals surface area contributed by atoms with E-state index in [4.69, 9.17) is 0 Å². The van der Waals surface area contributed by atoms with Gasteiger partial charge >= 0.3 is 30.9 Å². The summed E-state index contributed by atoms with van der Waals surface area (Å²) in [6.45, 7) is 6.89. The highest BCUT2D eigenvalue weighted by Crippen LogP contribution is 2.57. The minimum absolute atomic E-state index is 0.0529. The first kappa shape index (κ1) is 48.5. The molecule has 0 aliphatic carbocycles. The van der Waals surface area contributed by atoms with Crippen molar-refractivity contribution in [3.63, 3.8) is 0 Å². The largest absolute Gasteiger partial charge is 0.744 e. The molecule has 0 atom stereocenters. The molecule has 20 heteroatoms. The molecule has 4 aromatic rings. The van der Waals surface area contributed by atoms with Gasteiger partial charge in [-0.05, 0) is 49.1 Å². The minimum Gasteiger partial charge on any atom is -0.744 e. The van der Waals surface area contributed by atoms with E-state index >= 15 is 0 Å². The summed E-state index contributed by atoms with van der Waals surface area (Å²) >= 11 is 0. The van der Waals surface area contributed by atoms with Crippen molar-refractivity contribution in [1.29, 1.82) is 0 Å². The van der Waals surface area contributed by atoms with Crippen LogP contribution in [0, 0.1) is 0 Å². The molecule has 0 aliphatic rings. The maximum Gasteiger partial charge on any atom is 0.418 e. The van der Waals surface area contributed by atoms with E-state index in [-0.39, 0.29) is 10.9 Å². The number of halogens is 15. The van der Waals surface area contributed by atoms with Crippen LogP contribution in [0.5, 0.6) is 0 Å². The van der Waals surface area contributed by atoms with Gasteiger partial charge in [-0.3, -0.25) is 0 Å². The highest BCUT2D eigenvalue weighted by molar-refractivity contribution is 7.97. The van der Waals surface area contributed by atoms with Crippen molar-refractivity contribution < 1.29 is 78.8 Å². The minimum atomic E-state index is -7.52. The predicted molar refractivity (Wildman–Crippen MR) is 183 cm³/mol. The second-order valence-corrected chi connectivity index (χ2v) is 15.9. The van der Waals surface area contributed by atoms with Gasteiger partial charge in [0.2, 0.25) is 0 Å². The van der Waals surface area contributed by atoms with Gasteiger partial charge < -0.3 is 4.55 Å². The molecule has 58 heavy (non-hydrogen) atoms. The summed E-state index contributed by atoms with van der Waals surface area (Å²) in [6.07, 6.45) is -28.6. The Morgan fingerprint density at radius 2 is 0.776 bits per heavy atom. The molecule has 0 amide bonds. The lowest BCUT2D eigenvalue weighted by Gasteiger charge is -2.31. The molecule has 0 saturated carbocycles.